The van der Waals surface area contributed by atoms with E-state index in [1.165, 1.54) is 12.1 Å². The van der Waals surface area contributed by atoms with E-state index in [2.05, 4.69) is 4.90 Å². The second-order valence-corrected chi connectivity index (χ2v) is 7.39. The van der Waals surface area contributed by atoms with Crippen molar-refractivity contribution in [2.45, 2.75) is 23.8 Å². The highest BCUT2D eigenvalue weighted by atomic mass is 35.5. The van der Waals surface area contributed by atoms with Crippen LogP contribution in [0.4, 0.5) is 0 Å². The third-order valence-electron chi connectivity index (χ3n) is 3.41. The number of piperidine rings is 1. The quantitative estimate of drug-likeness (QED) is 0.917. The summed E-state index contributed by atoms with van der Waals surface area (Å²) in [6.45, 7) is 2.03. The van der Waals surface area contributed by atoms with E-state index >= 15 is 0 Å². The van der Waals surface area contributed by atoms with E-state index in [0.29, 0.717) is 16.5 Å². The van der Waals surface area contributed by atoms with Gasteiger partial charge < -0.3 is 10.0 Å². The third-order valence-corrected chi connectivity index (χ3v) is 5.37. The van der Waals surface area contributed by atoms with Crippen LogP contribution in [-0.2, 0) is 9.84 Å². The number of likely N-dealkylation sites (tertiary alicyclic amines) is 1. The van der Waals surface area contributed by atoms with Crippen LogP contribution in [0.3, 0.4) is 0 Å². The Bertz CT molecular complexity index is 507. The number of aliphatic hydroxyl groups excluding tert-OH is 1. The summed E-state index contributed by atoms with van der Waals surface area (Å²) in [7, 11) is -3.25. The molecule has 6 heteroatoms. The second-order valence-electron chi connectivity index (χ2n) is 4.85. The Morgan fingerprint density at radius 1 is 1.21 bits per heavy atom. The lowest BCUT2D eigenvalue weighted by Gasteiger charge is -2.29. The monoisotopic (exact) mass is 303 g/mol. The summed E-state index contributed by atoms with van der Waals surface area (Å²) < 4.78 is 24.3. The Balaban J connectivity index is 1.92. The topological polar surface area (TPSA) is 57.6 Å². The number of nitrogens with zero attached hydrogens (tertiary/aromatic N) is 1. The first-order valence-corrected chi connectivity index (χ1v) is 8.39. The van der Waals surface area contributed by atoms with E-state index in [-0.39, 0.29) is 11.9 Å². The van der Waals surface area contributed by atoms with Gasteiger partial charge in [0.1, 0.15) is 0 Å². The molecule has 1 saturated heterocycles. The van der Waals surface area contributed by atoms with Gasteiger partial charge in [0.15, 0.2) is 9.84 Å². The number of hydrogen-bond acceptors (Lipinski definition) is 4. The first-order valence-electron chi connectivity index (χ1n) is 6.36. The summed E-state index contributed by atoms with van der Waals surface area (Å²) in [5.41, 5.74) is 0. The Morgan fingerprint density at radius 2 is 1.79 bits per heavy atom. The van der Waals surface area contributed by atoms with Crippen LogP contribution < -0.4 is 0 Å². The molecular weight excluding hydrogens is 286 g/mol. The van der Waals surface area contributed by atoms with Gasteiger partial charge >= 0.3 is 0 Å². The maximum atomic E-state index is 12.1. The zero-order valence-corrected chi connectivity index (χ0v) is 12.2. The number of aliphatic hydroxyl groups is 1. The van der Waals surface area contributed by atoms with Gasteiger partial charge in [-0.05, 0) is 37.1 Å². The Morgan fingerprint density at radius 3 is 2.37 bits per heavy atom. The van der Waals surface area contributed by atoms with Gasteiger partial charge in [0.2, 0.25) is 0 Å². The number of hydrogen-bond donors (Lipinski definition) is 1. The van der Waals surface area contributed by atoms with Gasteiger partial charge in [-0.1, -0.05) is 11.6 Å². The van der Waals surface area contributed by atoms with Crippen molar-refractivity contribution in [1.82, 2.24) is 4.90 Å². The molecule has 2 rings (SSSR count). The summed E-state index contributed by atoms with van der Waals surface area (Å²) in [4.78, 5) is 2.40. The number of halogens is 1. The van der Waals surface area contributed by atoms with Crippen molar-refractivity contribution in [3.63, 3.8) is 0 Å². The Hall–Kier alpha value is -0.620. The van der Waals surface area contributed by atoms with Gasteiger partial charge in [-0.3, -0.25) is 0 Å². The molecule has 4 nitrogen and oxygen atoms in total. The van der Waals surface area contributed by atoms with E-state index in [9.17, 15) is 13.5 Å². The fraction of sp³-hybridized carbons (Fsp3) is 0.538. The van der Waals surface area contributed by atoms with Crippen molar-refractivity contribution in [3.05, 3.63) is 29.3 Å². The number of benzene rings is 1. The first-order chi connectivity index (χ1) is 8.97. The molecule has 1 aromatic rings. The standard InChI is InChI=1S/C13H18ClNO3S/c14-11-1-3-13(4-2-11)19(17,18)10-9-15-7-5-12(16)6-8-15/h1-4,12,16H,5-10H2. The predicted octanol–water partition coefficient (Wildman–Crippen LogP) is 1.57. The molecule has 0 bridgehead atoms. The molecule has 0 saturated carbocycles. The Kier molecular flexibility index (Phi) is 4.84. The molecule has 0 aliphatic carbocycles. The lowest BCUT2D eigenvalue weighted by molar-refractivity contribution is 0.0855. The largest absolute Gasteiger partial charge is 0.393 e. The van der Waals surface area contributed by atoms with Crippen LogP contribution in [0.15, 0.2) is 29.2 Å². The van der Waals surface area contributed by atoms with Crippen molar-refractivity contribution < 1.29 is 13.5 Å². The number of sulfone groups is 1. The molecule has 1 aliphatic heterocycles. The molecule has 1 fully saturated rings. The fourth-order valence-corrected chi connectivity index (χ4v) is 3.56. The van der Waals surface area contributed by atoms with Crippen molar-refractivity contribution in [2.24, 2.45) is 0 Å². The smallest absolute Gasteiger partial charge is 0.179 e. The molecule has 1 heterocycles. The molecule has 1 N–H and O–H groups in total. The lowest BCUT2D eigenvalue weighted by atomic mass is 10.1. The second kappa shape index (κ2) is 6.22. The van der Waals surface area contributed by atoms with E-state index in [4.69, 9.17) is 11.6 Å². The fourth-order valence-electron chi connectivity index (χ4n) is 2.15. The molecule has 0 radical (unpaired) electrons. The molecule has 0 spiro atoms. The van der Waals surface area contributed by atoms with Gasteiger partial charge in [-0.25, -0.2) is 8.42 Å². The normalized spacial score (nSPS) is 18.6. The highest BCUT2D eigenvalue weighted by Gasteiger charge is 2.20. The molecule has 19 heavy (non-hydrogen) atoms. The average molecular weight is 304 g/mol. The number of rotatable bonds is 4. The summed E-state index contributed by atoms with van der Waals surface area (Å²) in [5.74, 6) is 0.102. The Labute approximate surface area is 118 Å². The van der Waals surface area contributed by atoms with Crippen molar-refractivity contribution in [1.29, 1.82) is 0 Å². The minimum absolute atomic E-state index is 0.102. The van der Waals surface area contributed by atoms with Gasteiger partial charge in [0.05, 0.1) is 16.8 Å². The molecule has 0 atom stereocenters. The molecule has 106 valence electrons. The van der Waals surface area contributed by atoms with Crippen molar-refractivity contribution in [2.75, 3.05) is 25.4 Å². The average Bonchev–Trinajstić information content (AvgIpc) is 2.39. The predicted molar refractivity (Wildman–Crippen MR) is 75.2 cm³/mol. The van der Waals surface area contributed by atoms with Crippen LogP contribution >= 0.6 is 11.6 Å². The molecule has 1 aliphatic rings. The van der Waals surface area contributed by atoms with Gasteiger partial charge in [-0.2, -0.15) is 0 Å². The van der Waals surface area contributed by atoms with E-state index < -0.39 is 9.84 Å². The van der Waals surface area contributed by atoms with Gasteiger partial charge in [-0.15, -0.1) is 0 Å². The van der Waals surface area contributed by atoms with E-state index in [1.54, 1.807) is 12.1 Å². The maximum Gasteiger partial charge on any atom is 0.179 e. The molecule has 0 unspecified atom stereocenters. The van der Waals surface area contributed by atoms with Gasteiger partial charge in [0, 0.05) is 24.7 Å². The van der Waals surface area contributed by atoms with Crippen LogP contribution in [0.2, 0.25) is 5.02 Å². The first kappa shape index (κ1) is 14.8. The zero-order valence-electron chi connectivity index (χ0n) is 10.6. The molecular formula is C13H18ClNO3S. The summed E-state index contributed by atoms with van der Waals surface area (Å²) >= 11 is 5.75. The van der Waals surface area contributed by atoms with Crippen LogP contribution in [0.25, 0.3) is 0 Å². The SMILES string of the molecule is O=S(=O)(CCN1CCC(O)CC1)c1ccc(Cl)cc1. The van der Waals surface area contributed by atoms with Crippen molar-refractivity contribution >= 4 is 21.4 Å². The highest BCUT2D eigenvalue weighted by Crippen LogP contribution is 2.16. The molecule has 0 amide bonds. The zero-order chi connectivity index (χ0) is 13.9. The van der Waals surface area contributed by atoms with Crippen molar-refractivity contribution in [3.8, 4) is 0 Å². The summed E-state index contributed by atoms with van der Waals surface area (Å²) in [6.07, 6.45) is 1.21. The van der Waals surface area contributed by atoms with Crippen LogP contribution in [0.5, 0.6) is 0 Å². The lowest BCUT2D eigenvalue weighted by Crippen LogP contribution is -2.38. The van der Waals surface area contributed by atoms with E-state index in [0.717, 1.165) is 25.9 Å². The van der Waals surface area contributed by atoms with E-state index in [1.807, 2.05) is 0 Å². The third kappa shape index (κ3) is 4.18. The summed E-state index contributed by atoms with van der Waals surface area (Å²) in [5, 5.41) is 9.93. The van der Waals surface area contributed by atoms with Crippen LogP contribution in [0.1, 0.15) is 12.8 Å². The minimum Gasteiger partial charge on any atom is -0.393 e. The minimum atomic E-state index is -3.25. The molecule has 1 aromatic carbocycles. The molecule has 0 aromatic heterocycles. The summed E-state index contributed by atoms with van der Waals surface area (Å²) in [6, 6.07) is 6.26. The highest BCUT2D eigenvalue weighted by molar-refractivity contribution is 7.91. The van der Waals surface area contributed by atoms with Crippen LogP contribution in [-0.4, -0.2) is 49.9 Å². The van der Waals surface area contributed by atoms with Crippen LogP contribution in [0, 0.1) is 0 Å². The van der Waals surface area contributed by atoms with Gasteiger partial charge in [0.25, 0.3) is 0 Å². The maximum absolute atomic E-state index is 12.1.